The number of hydrogen-bond acceptors (Lipinski definition) is 3. The maximum absolute atomic E-state index is 10.3. The van der Waals surface area contributed by atoms with Gasteiger partial charge in [-0.1, -0.05) is 24.3 Å². The highest BCUT2D eigenvalue weighted by Gasteiger charge is 2.10. The Bertz CT molecular complexity index is 522. The van der Waals surface area contributed by atoms with E-state index in [4.69, 9.17) is 4.74 Å². The third-order valence-electron chi connectivity index (χ3n) is 3.09. The van der Waals surface area contributed by atoms with E-state index in [0.29, 0.717) is 13.0 Å². The van der Waals surface area contributed by atoms with Crippen LogP contribution in [0.25, 0.3) is 0 Å². The van der Waals surface area contributed by atoms with E-state index in [1.54, 1.807) is 7.11 Å². The first-order valence-corrected chi connectivity index (χ1v) is 6.50. The second-order valence-corrected chi connectivity index (χ2v) is 4.60. The Kier molecular flexibility index (Phi) is 4.71. The molecule has 0 bridgehead atoms. The van der Waals surface area contributed by atoms with Crippen molar-refractivity contribution < 1.29 is 9.84 Å². The van der Waals surface area contributed by atoms with Crippen LogP contribution in [-0.4, -0.2) is 22.0 Å². The summed E-state index contributed by atoms with van der Waals surface area (Å²) in [5, 5.41) is 14.5. The Labute approximate surface area is 113 Å². The fraction of sp³-hybridized carbons (Fsp3) is 0.400. The summed E-state index contributed by atoms with van der Waals surface area (Å²) in [7, 11) is 1.67. The lowest BCUT2D eigenvalue weighted by Crippen LogP contribution is -2.02. The van der Waals surface area contributed by atoms with E-state index >= 15 is 0 Å². The van der Waals surface area contributed by atoms with Gasteiger partial charge in [-0.15, -0.1) is 0 Å². The van der Waals surface area contributed by atoms with Crippen LogP contribution in [0.1, 0.15) is 29.7 Å². The summed E-state index contributed by atoms with van der Waals surface area (Å²) in [5.41, 5.74) is 3.04. The van der Waals surface area contributed by atoms with Crippen LogP contribution >= 0.6 is 0 Å². The van der Waals surface area contributed by atoms with Crippen molar-refractivity contribution in [1.82, 2.24) is 9.78 Å². The second kappa shape index (κ2) is 6.50. The summed E-state index contributed by atoms with van der Waals surface area (Å²) >= 11 is 0. The number of hydrogen-bond donors (Lipinski definition) is 1. The van der Waals surface area contributed by atoms with Crippen molar-refractivity contribution in [3.8, 4) is 0 Å². The molecule has 0 amide bonds. The molecular formula is C15H20N2O2. The Hall–Kier alpha value is -1.65. The van der Waals surface area contributed by atoms with Crippen molar-refractivity contribution in [2.75, 3.05) is 7.11 Å². The average molecular weight is 260 g/mol. The minimum Gasteiger partial charge on any atom is -0.388 e. The molecule has 0 aliphatic heterocycles. The lowest BCUT2D eigenvalue weighted by atomic mass is 10.0. The van der Waals surface area contributed by atoms with Crippen LogP contribution in [0.15, 0.2) is 36.7 Å². The predicted molar refractivity (Wildman–Crippen MR) is 73.7 cm³/mol. The number of ether oxygens (including phenoxy) is 1. The van der Waals surface area contributed by atoms with E-state index in [2.05, 4.69) is 5.10 Å². The Morgan fingerprint density at radius 1 is 1.37 bits per heavy atom. The quantitative estimate of drug-likeness (QED) is 0.867. The topological polar surface area (TPSA) is 47.3 Å². The third kappa shape index (κ3) is 3.66. The van der Waals surface area contributed by atoms with Gasteiger partial charge >= 0.3 is 0 Å². The predicted octanol–water partition coefficient (Wildman–Crippen LogP) is 2.33. The largest absolute Gasteiger partial charge is 0.388 e. The van der Waals surface area contributed by atoms with Gasteiger partial charge in [0.1, 0.15) is 0 Å². The van der Waals surface area contributed by atoms with Gasteiger partial charge in [-0.3, -0.25) is 4.68 Å². The Morgan fingerprint density at radius 2 is 2.21 bits per heavy atom. The average Bonchev–Trinajstić information content (AvgIpc) is 2.87. The summed E-state index contributed by atoms with van der Waals surface area (Å²) in [6, 6.07) is 7.86. The highest BCUT2D eigenvalue weighted by Crippen LogP contribution is 2.19. The van der Waals surface area contributed by atoms with Gasteiger partial charge in [0.15, 0.2) is 0 Å². The van der Waals surface area contributed by atoms with Gasteiger partial charge in [0.2, 0.25) is 0 Å². The molecule has 102 valence electrons. The van der Waals surface area contributed by atoms with Gasteiger partial charge in [0.25, 0.3) is 0 Å². The molecule has 0 aliphatic carbocycles. The lowest BCUT2D eigenvalue weighted by Gasteiger charge is -2.11. The summed E-state index contributed by atoms with van der Waals surface area (Å²) in [5.74, 6) is 0. The van der Waals surface area contributed by atoms with Gasteiger partial charge in [-0.25, -0.2) is 0 Å². The zero-order chi connectivity index (χ0) is 13.7. The minimum absolute atomic E-state index is 0.508. The summed E-state index contributed by atoms with van der Waals surface area (Å²) in [4.78, 5) is 0. The van der Waals surface area contributed by atoms with Crippen LogP contribution in [0, 0.1) is 0 Å². The van der Waals surface area contributed by atoms with Gasteiger partial charge in [0, 0.05) is 26.3 Å². The van der Waals surface area contributed by atoms with Crippen molar-refractivity contribution in [3.05, 3.63) is 53.3 Å². The molecule has 1 unspecified atom stereocenters. The van der Waals surface area contributed by atoms with Crippen molar-refractivity contribution in [2.24, 2.45) is 0 Å². The van der Waals surface area contributed by atoms with Gasteiger partial charge < -0.3 is 9.84 Å². The standard InChI is InChI=1S/C15H20N2O2/c1-3-17-10-13(9-16-17)8-15(18)14-6-4-5-12(7-14)11-19-2/h4-7,9-10,15,18H,3,8,11H2,1-2H3. The molecule has 2 rings (SSSR count). The van der Waals surface area contributed by atoms with Gasteiger partial charge in [-0.2, -0.15) is 5.10 Å². The van der Waals surface area contributed by atoms with Crippen LogP contribution in [0.4, 0.5) is 0 Å². The van der Waals surface area contributed by atoms with Crippen LogP contribution in [0.5, 0.6) is 0 Å². The van der Waals surface area contributed by atoms with Gasteiger partial charge in [-0.05, 0) is 23.6 Å². The molecular weight excluding hydrogens is 240 g/mol. The first-order valence-electron chi connectivity index (χ1n) is 6.50. The Balaban J connectivity index is 2.06. The van der Waals surface area contributed by atoms with E-state index < -0.39 is 6.10 Å². The first-order chi connectivity index (χ1) is 9.22. The number of methoxy groups -OCH3 is 1. The fourth-order valence-corrected chi connectivity index (χ4v) is 2.08. The van der Waals surface area contributed by atoms with E-state index in [1.165, 1.54) is 0 Å². The molecule has 0 spiro atoms. The molecule has 0 fully saturated rings. The second-order valence-electron chi connectivity index (χ2n) is 4.60. The lowest BCUT2D eigenvalue weighted by molar-refractivity contribution is 0.175. The molecule has 0 radical (unpaired) electrons. The highest BCUT2D eigenvalue weighted by atomic mass is 16.5. The number of rotatable bonds is 6. The molecule has 2 aromatic rings. The summed E-state index contributed by atoms with van der Waals surface area (Å²) < 4.78 is 6.97. The smallest absolute Gasteiger partial charge is 0.0831 e. The highest BCUT2D eigenvalue weighted by molar-refractivity contribution is 5.26. The molecule has 1 N–H and O–H groups in total. The fourth-order valence-electron chi connectivity index (χ4n) is 2.08. The monoisotopic (exact) mass is 260 g/mol. The van der Waals surface area contributed by atoms with Crippen molar-refractivity contribution in [2.45, 2.75) is 32.6 Å². The number of aromatic nitrogens is 2. The van der Waals surface area contributed by atoms with E-state index in [0.717, 1.165) is 23.2 Å². The molecule has 1 aromatic carbocycles. The molecule has 1 aromatic heterocycles. The molecule has 4 nitrogen and oxygen atoms in total. The zero-order valence-electron chi connectivity index (χ0n) is 11.4. The van der Waals surface area contributed by atoms with Crippen LogP contribution in [0.2, 0.25) is 0 Å². The van der Waals surface area contributed by atoms with Crippen LogP contribution in [-0.2, 0) is 24.3 Å². The maximum Gasteiger partial charge on any atom is 0.0831 e. The Morgan fingerprint density at radius 3 is 2.89 bits per heavy atom. The summed E-state index contributed by atoms with van der Waals surface area (Å²) in [6.07, 6.45) is 3.86. The molecule has 0 saturated heterocycles. The maximum atomic E-state index is 10.3. The zero-order valence-corrected chi connectivity index (χ0v) is 11.4. The molecule has 0 aliphatic rings. The van der Waals surface area contributed by atoms with Crippen molar-refractivity contribution in [1.29, 1.82) is 0 Å². The van der Waals surface area contributed by atoms with Crippen molar-refractivity contribution >= 4 is 0 Å². The molecule has 1 atom stereocenters. The molecule has 4 heteroatoms. The minimum atomic E-state index is -0.508. The SMILES string of the molecule is CCn1cc(CC(O)c2cccc(COC)c2)cn1. The van der Waals surface area contributed by atoms with E-state index in [1.807, 2.05) is 48.3 Å². The first kappa shape index (κ1) is 13.8. The summed E-state index contributed by atoms with van der Waals surface area (Å²) in [6.45, 7) is 3.45. The third-order valence-corrected chi connectivity index (χ3v) is 3.09. The number of benzene rings is 1. The molecule has 19 heavy (non-hydrogen) atoms. The van der Waals surface area contributed by atoms with Crippen molar-refractivity contribution in [3.63, 3.8) is 0 Å². The number of aliphatic hydroxyl groups excluding tert-OH is 1. The van der Waals surface area contributed by atoms with E-state index in [-0.39, 0.29) is 0 Å². The normalized spacial score (nSPS) is 12.6. The van der Waals surface area contributed by atoms with Crippen LogP contribution < -0.4 is 0 Å². The van der Waals surface area contributed by atoms with Gasteiger partial charge in [0.05, 0.1) is 18.9 Å². The molecule has 1 heterocycles. The van der Waals surface area contributed by atoms with Crippen LogP contribution in [0.3, 0.4) is 0 Å². The number of nitrogens with zero attached hydrogens (tertiary/aromatic N) is 2. The number of aryl methyl sites for hydroxylation is 1. The number of aliphatic hydroxyl groups is 1. The molecule has 0 saturated carbocycles. The van der Waals surface area contributed by atoms with E-state index in [9.17, 15) is 5.11 Å².